The Labute approximate surface area is 115 Å². The van der Waals surface area contributed by atoms with Gasteiger partial charge in [-0.25, -0.2) is 4.79 Å². The molecule has 1 saturated heterocycles. The van der Waals surface area contributed by atoms with Gasteiger partial charge < -0.3 is 9.64 Å². The van der Waals surface area contributed by atoms with Crippen molar-refractivity contribution >= 4 is 11.9 Å². The summed E-state index contributed by atoms with van der Waals surface area (Å²) >= 11 is 0. The number of Topliss-reactive ketones (excluding diaryl/α,β-unsaturated/α-hetero) is 1. The van der Waals surface area contributed by atoms with Crippen LogP contribution in [0.25, 0.3) is 0 Å². The average Bonchev–Trinajstić information content (AvgIpc) is 2.38. The van der Waals surface area contributed by atoms with Crippen LogP contribution in [0.1, 0.15) is 34.6 Å². The zero-order chi connectivity index (χ0) is 15.0. The molecule has 1 fully saturated rings. The standard InChI is InChI=1S/C14H24N2O3/c1-13(2,3)19-12(18)16-9-10(8-15(6)7)11(17)14(16,4)5/h8H,9H2,1-7H3/b10-8-. The van der Waals surface area contributed by atoms with Crippen LogP contribution in [0.15, 0.2) is 11.8 Å². The summed E-state index contributed by atoms with van der Waals surface area (Å²) in [6, 6.07) is 0. The van der Waals surface area contributed by atoms with E-state index in [1.807, 2.05) is 39.8 Å². The number of ether oxygens (including phenoxy) is 1. The van der Waals surface area contributed by atoms with E-state index in [1.54, 1.807) is 20.0 Å². The molecule has 1 rings (SSSR count). The minimum atomic E-state index is -0.857. The maximum Gasteiger partial charge on any atom is 0.411 e. The van der Waals surface area contributed by atoms with E-state index >= 15 is 0 Å². The zero-order valence-electron chi connectivity index (χ0n) is 12.9. The van der Waals surface area contributed by atoms with Gasteiger partial charge in [-0.2, -0.15) is 0 Å². The van der Waals surface area contributed by atoms with Crippen molar-refractivity contribution in [1.82, 2.24) is 9.80 Å². The molecule has 1 aliphatic heterocycles. The summed E-state index contributed by atoms with van der Waals surface area (Å²) < 4.78 is 5.35. The second-order valence-corrected chi connectivity index (χ2v) is 6.57. The number of hydrogen-bond donors (Lipinski definition) is 0. The molecule has 5 heteroatoms. The van der Waals surface area contributed by atoms with Gasteiger partial charge in [-0.15, -0.1) is 0 Å². The molecule has 1 amide bonds. The Morgan fingerprint density at radius 3 is 2.32 bits per heavy atom. The van der Waals surface area contributed by atoms with Crippen molar-refractivity contribution in [3.05, 3.63) is 11.8 Å². The molecule has 0 N–H and O–H groups in total. The molecule has 0 bridgehead atoms. The quantitative estimate of drug-likeness (QED) is 0.683. The lowest BCUT2D eigenvalue weighted by Crippen LogP contribution is -2.48. The van der Waals surface area contributed by atoms with Crippen molar-refractivity contribution in [2.75, 3.05) is 20.6 Å². The maximum absolute atomic E-state index is 12.3. The molecular weight excluding hydrogens is 244 g/mol. The summed E-state index contributed by atoms with van der Waals surface area (Å²) in [6.07, 6.45) is 1.31. The number of carbonyl (C=O) groups excluding carboxylic acids is 2. The summed E-state index contributed by atoms with van der Waals surface area (Å²) in [6.45, 7) is 9.22. The van der Waals surface area contributed by atoms with Crippen molar-refractivity contribution in [2.24, 2.45) is 0 Å². The van der Waals surface area contributed by atoms with E-state index in [2.05, 4.69) is 0 Å². The highest BCUT2D eigenvalue weighted by atomic mass is 16.6. The molecule has 0 aromatic heterocycles. The van der Waals surface area contributed by atoms with Crippen LogP contribution in [0, 0.1) is 0 Å². The molecule has 0 atom stereocenters. The first kappa shape index (κ1) is 15.5. The van der Waals surface area contributed by atoms with Crippen LogP contribution in [0.2, 0.25) is 0 Å². The molecule has 5 nitrogen and oxygen atoms in total. The third-order valence-electron chi connectivity index (χ3n) is 2.88. The minimum absolute atomic E-state index is 0.0351. The highest BCUT2D eigenvalue weighted by Crippen LogP contribution is 2.30. The molecule has 0 unspecified atom stereocenters. The van der Waals surface area contributed by atoms with E-state index < -0.39 is 17.2 Å². The van der Waals surface area contributed by atoms with Crippen molar-refractivity contribution < 1.29 is 14.3 Å². The highest BCUT2D eigenvalue weighted by molar-refractivity contribution is 6.07. The van der Waals surface area contributed by atoms with Crippen molar-refractivity contribution in [2.45, 2.75) is 45.8 Å². The van der Waals surface area contributed by atoms with Crippen LogP contribution in [-0.2, 0) is 9.53 Å². The van der Waals surface area contributed by atoms with Gasteiger partial charge in [-0.3, -0.25) is 9.69 Å². The van der Waals surface area contributed by atoms with E-state index in [0.717, 1.165) is 0 Å². The van der Waals surface area contributed by atoms with Crippen LogP contribution < -0.4 is 0 Å². The minimum Gasteiger partial charge on any atom is -0.444 e. The Hall–Kier alpha value is -1.52. The Balaban J connectivity index is 2.98. The largest absolute Gasteiger partial charge is 0.444 e. The van der Waals surface area contributed by atoms with Gasteiger partial charge in [-0.1, -0.05) is 0 Å². The van der Waals surface area contributed by atoms with E-state index in [0.29, 0.717) is 12.1 Å². The Morgan fingerprint density at radius 2 is 1.89 bits per heavy atom. The number of amides is 1. The molecule has 0 aromatic rings. The zero-order valence-corrected chi connectivity index (χ0v) is 12.9. The number of carbonyl (C=O) groups is 2. The van der Waals surface area contributed by atoms with Crippen LogP contribution in [-0.4, -0.2) is 53.5 Å². The molecule has 0 aromatic carbocycles. The molecule has 19 heavy (non-hydrogen) atoms. The molecule has 0 spiro atoms. The fourth-order valence-electron chi connectivity index (χ4n) is 1.98. The monoisotopic (exact) mass is 268 g/mol. The smallest absolute Gasteiger partial charge is 0.411 e. The predicted molar refractivity (Wildman–Crippen MR) is 73.8 cm³/mol. The van der Waals surface area contributed by atoms with E-state index in [-0.39, 0.29) is 5.78 Å². The molecule has 108 valence electrons. The lowest BCUT2D eigenvalue weighted by atomic mass is 9.98. The van der Waals surface area contributed by atoms with Crippen LogP contribution >= 0.6 is 0 Å². The van der Waals surface area contributed by atoms with Crippen molar-refractivity contribution in [3.8, 4) is 0 Å². The number of likely N-dealkylation sites (tertiary alicyclic amines) is 1. The van der Waals surface area contributed by atoms with Gasteiger partial charge in [0.25, 0.3) is 0 Å². The van der Waals surface area contributed by atoms with Crippen LogP contribution in [0.3, 0.4) is 0 Å². The lowest BCUT2D eigenvalue weighted by Gasteiger charge is -2.31. The summed E-state index contributed by atoms with van der Waals surface area (Å²) in [5.74, 6) is -0.0351. The topological polar surface area (TPSA) is 49.9 Å². The van der Waals surface area contributed by atoms with Crippen molar-refractivity contribution in [1.29, 1.82) is 0 Å². The summed E-state index contributed by atoms with van der Waals surface area (Å²) in [4.78, 5) is 27.8. The third kappa shape index (κ3) is 3.49. The van der Waals surface area contributed by atoms with Gasteiger partial charge in [0.05, 0.1) is 6.54 Å². The second kappa shape index (κ2) is 4.87. The van der Waals surface area contributed by atoms with Crippen LogP contribution in [0.4, 0.5) is 4.79 Å². The Bertz CT molecular complexity index is 417. The Morgan fingerprint density at radius 1 is 1.37 bits per heavy atom. The first-order valence-electron chi connectivity index (χ1n) is 6.37. The van der Waals surface area contributed by atoms with Gasteiger partial charge in [0.1, 0.15) is 11.1 Å². The molecule has 0 radical (unpaired) electrons. The Kier molecular flexibility index (Phi) is 3.98. The van der Waals surface area contributed by atoms with Gasteiger partial charge in [-0.05, 0) is 34.6 Å². The fraction of sp³-hybridized carbons (Fsp3) is 0.714. The number of nitrogens with zero attached hydrogens (tertiary/aromatic N) is 2. The molecule has 0 saturated carbocycles. The lowest BCUT2D eigenvalue weighted by molar-refractivity contribution is -0.121. The van der Waals surface area contributed by atoms with Gasteiger partial charge in [0.2, 0.25) is 0 Å². The molecule has 1 heterocycles. The van der Waals surface area contributed by atoms with E-state index in [1.165, 1.54) is 4.90 Å². The predicted octanol–water partition coefficient (Wildman–Crippen LogP) is 2.03. The van der Waals surface area contributed by atoms with Gasteiger partial charge in [0, 0.05) is 25.9 Å². The van der Waals surface area contributed by atoms with Gasteiger partial charge >= 0.3 is 6.09 Å². The highest BCUT2D eigenvalue weighted by Gasteiger charge is 2.47. The summed E-state index contributed by atoms with van der Waals surface area (Å²) in [5, 5.41) is 0. The SMILES string of the molecule is CN(C)/C=C1/CN(C(=O)OC(C)(C)C)C(C)(C)C1=O. The van der Waals surface area contributed by atoms with Crippen LogP contribution in [0.5, 0.6) is 0 Å². The molecule has 0 aliphatic carbocycles. The number of rotatable bonds is 1. The first-order chi connectivity index (χ1) is 8.45. The van der Waals surface area contributed by atoms with Crippen molar-refractivity contribution in [3.63, 3.8) is 0 Å². The third-order valence-corrected chi connectivity index (χ3v) is 2.88. The number of hydrogen-bond acceptors (Lipinski definition) is 4. The average molecular weight is 268 g/mol. The fourth-order valence-corrected chi connectivity index (χ4v) is 1.98. The maximum atomic E-state index is 12.3. The molecular formula is C14H24N2O3. The normalized spacial score (nSPS) is 20.9. The number of ketones is 1. The first-order valence-corrected chi connectivity index (χ1v) is 6.37. The van der Waals surface area contributed by atoms with E-state index in [9.17, 15) is 9.59 Å². The summed E-state index contributed by atoms with van der Waals surface area (Å²) in [7, 11) is 3.70. The van der Waals surface area contributed by atoms with Gasteiger partial charge in [0.15, 0.2) is 5.78 Å². The second-order valence-electron chi connectivity index (χ2n) is 6.57. The summed E-state index contributed by atoms with van der Waals surface area (Å²) in [5.41, 5.74) is -0.796. The van der Waals surface area contributed by atoms with E-state index in [4.69, 9.17) is 4.74 Å². The molecule has 1 aliphatic rings.